The van der Waals surface area contributed by atoms with Crippen molar-refractivity contribution in [3.8, 4) is 0 Å². The highest BCUT2D eigenvalue weighted by Gasteiger charge is 2.29. The predicted octanol–water partition coefficient (Wildman–Crippen LogP) is -4.76. The number of amides is 3. The van der Waals surface area contributed by atoms with E-state index in [9.17, 15) is 24.3 Å². The summed E-state index contributed by atoms with van der Waals surface area (Å²) in [4.78, 5) is 46.0. The van der Waals surface area contributed by atoms with Crippen molar-refractivity contribution in [2.45, 2.75) is 44.2 Å². The molecule has 12 nitrogen and oxygen atoms in total. The van der Waals surface area contributed by atoms with Crippen LogP contribution < -0.4 is 21.7 Å². The summed E-state index contributed by atoms with van der Waals surface area (Å²) in [6.07, 6.45) is -2.52. The highest BCUT2D eigenvalue weighted by molar-refractivity contribution is 5.92. The fraction of sp³-hybridized carbons (Fsp3) is 0.692. The molecule has 25 heavy (non-hydrogen) atoms. The smallest absolute Gasteiger partial charge is 0.328 e. The van der Waals surface area contributed by atoms with E-state index in [2.05, 4.69) is 10.6 Å². The van der Waals surface area contributed by atoms with Crippen LogP contribution in [0.15, 0.2) is 0 Å². The molecule has 0 rings (SSSR count). The normalized spacial score (nSPS) is 16.7. The monoisotopic (exact) mass is 364 g/mol. The SMILES string of the molecule is C[C@H](O)[C@H](N)C(=O)NCC(=O)N[C@H](C(=O)N[C@@H](CO)C(=O)O)[C@H](C)O. The lowest BCUT2D eigenvalue weighted by Crippen LogP contribution is -2.58. The molecule has 9 N–H and O–H groups in total. The Morgan fingerprint density at radius 3 is 1.96 bits per heavy atom. The van der Waals surface area contributed by atoms with Gasteiger partial charge in [0.25, 0.3) is 0 Å². The molecule has 0 aromatic heterocycles. The predicted molar refractivity (Wildman–Crippen MR) is 82.9 cm³/mol. The van der Waals surface area contributed by atoms with Crippen molar-refractivity contribution < 1.29 is 39.6 Å². The van der Waals surface area contributed by atoms with Crippen LogP contribution in [0.4, 0.5) is 0 Å². The van der Waals surface area contributed by atoms with Gasteiger partial charge >= 0.3 is 5.97 Å². The molecule has 0 heterocycles. The highest BCUT2D eigenvalue weighted by Crippen LogP contribution is 1.96. The summed E-state index contributed by atoms with van der Waals surface area (Å²) in [5, 5.41) is 42.5. The fourth-order valence-corrected chi connectivity index (χ4v) is 1.58. The lowest BCUT2D eigenvalue weighted by atomic mass is 10.1. The Morgan fingerprint density at radius 1 is 1.00 bits per heavy atom. The molecule has 0 spiro atoms. The second-order valence-corrected chi connectivity index (χ2v) is 5.35. The lowest BCUT2D eigenvalue weighted by molar-refractivity contribution is -0.144. The van der Waals surface area contributed by atoms with Gasteiger partial charge in [-0.15, -0.1) is 0 Å². The number of aliphatic hydroxyl groups is 3. The molecule has 0 aliphatic rings. The Morgan fingerprint density at radius 2 is 1.56 bits per heavy atom. The zero-order valence-electron chi connectivity index (χ0n) is 13.8. The molecule has 0 saturated carbocycles. The quantitative estimate of drug-likeness (QED) is 0.187. The Labute approximate surface area is 143 Å². The maximum Gasteiger partial charge on any atom is 0.328 e. The average molecular weight is 364 g/mol. The van der Waals surface area contributed by atoms with Gasteiger partial charge in [-0.3, -0.25) is 14.4 Å². The molecule has 0 aliphatic heterocycles. The molecule has 0 bridgehead atoms. The molecule has 0 fully saturated rings. The van der Waals surface area contributed by atoms with Gasteiger partial charge < -0.3 is 42.1 Å². The third-order valence-corrected chi connectivity index (χ3v) is 3.12. The third kappa shape index (κ3) is 7.89. The van der Waals surface area contributed by atoms with Crippen molar-refractivity contribution >= 4 is 23.7 Å². The van der Waals surface area contributed by atoms with Crippen LogP contribution in [0.2, 0.25) is 0 Å². The number of carbonyl (C=O) groups is 4. The van der Waals surface area contributed by atoms with Crippen molar-refractivity contribution in [2.75, 3.05) is 13.2 Å². The van der Waals surface area contributed by atoms with E-state index in [1.165, 1.54) is 13.8 Å². The first-order valence-electron chi connectivity index (χ1n) is 7.34. The molecule has 3 amide bonds. The standard InChI is InChI=1S/C13H24N4O8/c1-5(19)9(14)11(22)15-3-8(21)17-10(6(2)20)12(23)16-7(4-18)13(24)25/h5-7,9-10,18-20H,3-4,14H2,1-2H3,(H,15,22)(H,16,23)(H,17,21)(H,24,25)/t5-,6-,7-,9-,10-/m0/s1. The van der Waals surface area contributed by atoms with E-state index >= 15 is 0 Å². The average Bonchev–Trinajstić information content (AvgIpc) is 2.53. The van der Waals surface area contributed by atoms with Crippen LogP contribution in [0.5, 0.6) is 0 Å². The number of carboxylic acids is 1. The Bertz CT molecular complexity index is 496. The van der Waals surface area contributed by atoms with Gasteiger partial charge in [0.05, 0.1) is 25.4 Å². The first-order chi connectivity index (χ1) is 11.5. The van der Waals surface area contributed by atoms with Crippen LogP contribution in [0.25, 0.3) is 0 Å². The summed E-state index contributed by atoms with van der Waals surface area (Å²) >= 11 is 0. The number of hydrogen-bond acceptors (Lipinski definition) is 8. The molecule has 12 heteroatoms. The molecule has 5 atom stereocenters. The van der Waals surface area contributed by atoms with Crippen LogP contribution >= 0.6 is 0 Å². The van der Waals surface area contributed by atoms with E-state index in [-0.39, 0.29) is 0 Å². The molecule has 0 aromatic rings. The van der Waals surface area contributed by atoms with Gasteiger partial charge in [0.15, 0.2) is 0 Å². The van der Waals surface area contributed by atoms with E-state index in [4.69, 9.17) is 21.1 Å². The van der Waals surface area contributed by atoms with Crippen molar-refractivity contribution in [1.29, 1.82) is 0 Å². The minimum Gasteiger partial charge on any atom is -0.480 e. The van der Waals surface area contributed by atoms with Gasteiger partial charge in [0, 0.05) is 0 Å². The Balaban J connectivity index is 4.70. The molecule has 0 aromatic carbocycles. The van der Waals surface area contributed by atoms with E-state index in [0.717, 1.165) is 0 Å². The van der Waals surface area contributed by atoms with E-state index in [1.54, 1.807) is 0 Å². The second-order valence-electron chi connectivity index (χ2n) is 5.35. The minimum atomic E-state index is -1.60. The van der Waals surface area contributed by atoms with E-state index < -0.39 is 67.2 Å². The van der Waals surface area contributed by atoms with Gasteiger partial charge in [-0.2, -0.15) is 0 Å². The van der Waals surface area contributed by atoms with Gasteiger partial charge in [-0.25, -0.2) is 4.79 Å². The molecule has 0 unspecified atom stereocenters. The number of aliphatic hydroxyl groups excluding tert-OH is 3. The number of nitrogens with two attached hydrogens (primary N) is 1. The maximum atomic E-state index is 11.9. The minimum absolute atomic E-state index is 0.585. The summed E-state index contributed by atoms with van der Waals surface area (Å²) in [5.74, 6) is -4.18. The fourth-order valence-electron chi connectivity index (χ4n) is 1.58. The van der Waals surface area contributed by atoms with Gasteiger partial charge in [-0.1, -0.05) is 0 Å². The van der Waals surface area contributed by atoms with Crippen molar-refractivity contribution in [3.63, 3.8) is 0 Å². The van der Waals surface area contributed by atoms with Crippen LogP contribution in [-0.4, -0.2) is 87.6 Å². The molecule has 0 radical (unpaired) electrons. The first kappa shape index (κ1) is 22.7. The topological polar surface area (TPSA) is 211 Å². The van der Waals surface area contributed by atoms with Crippen LogP contribution in [0, 0.1) is 0 Å². The third-order valence-electron chi connectivity index (χ3n) is 3.12. The van der Waals surface area contributed by atoms with Crippen LogP contribution in [-0.2, 0) is 19.2 Å². The summed E-state index contributed by atoms with van der Waals surface area (Å²) in [5.41, 5.74) is 5.37. The molecule has 0 saturated heterocycles. The van der Waals surface area contributed by atoms with Crippen molar-refractivity contribution in [3.05, 3.63) is 0 Å². The maximum absolute atomic E-state index is 11.9. The Hall–Kier alpha value is -2.28. The summed E-state index contributed by atoms with van der Waals surface area (Å²) in [6, 6.07) is -4.36. The van der Waals surface area contributed by atoms with Gasteiger partial charge in [0.2, 0.25) is 17.7 Å². The highest BCUT2D eigenvalue weighted by atomic mass is 16.4. The molecule has 144 valence electrons. The summed E-state index contributed by atoms with van der Waals surface area (Å²) < 4.78 is 0. The van der Waals surface area contributed by atoms with Crippen molar-refractivity contribution in [1.82, 2.24) is 16.0 Å². The van der Waals surface area contributed by atoms with E-state index in [1.807, 2.05) is 5.32 Å². The molecular weight excluding hydrogens is 340 g/mol. The molecular formula is C13H24N4O8. The Kier molecular flexibility index (Phi) is 9.59. The number of aliphatic carboxylic acids is 1. The molecule has 0 aliphatic carbocycles. The lowest BCUT2D eigenvalue weighted by Gasteiger charge is -2.23. The van der Waals surface area contributed by atoms with Crippen LogP contribution in [0.3, 0.4) is 0 Å². The number of nitrogens with one attached hydrogen (secondary N) is 3. The largest absolute Gasteiger partial charge is 0.480 e. The number of rotatable bonds is 10. The number of carboxylic acid groups (broad SMARTS) is 1. The van der Waals surface area contributed by atoms with Crippen molar-refractivity contribution in [2.24, 2.45) is 5.73 Å². The summed E-state index contributed by atoms with van der Waals surface area (Å²) in [7, 11) is 0. The number of carbonyl (C=O) groups excluding carboxylic acids is 3. The first-order valence-corrected chi connectivity index (χ1v) is 7.34. The zero-order chi connectivity index (χ0) is 19.7. The van der Waals surface area contributed by atoms with E-state index in [0.29, 0.717) is 0 Å². The van der Waals surface area contributed by atoms with Gasteiger partial charge in [-0.05, 0) is 13.8 Å². The second kappa shape index (κ2) is 10.6. The summed E-state index contributed by atoms with van der Waals surface area (Å²) in [6.45, 7) is 1.01. The van der Waals surface area contributed by atoms with Gasteiger partial charge in [0.1, 0.15) is 18.1 Å². The number of hydrogen-bond donors (Lipinski definition) is 8. The van der Waals surface area contributed by atoms with Crippen LogP contribution in [0.1, 0.15) is 13.8 Å². The zero-order valence-corrected chi connectivity index (χ0v) is 13.8.